The van der Waals surface area contributed by atoms with Crippen molar-refractivity contribution in [2.75, 3.05) is 0 Å². The minimum absolute atomic E-state index is 0.469. The van der Waals surface area contributed by atoms with E-state index in [1.807, 2.05) is 0 Å². The van der Waals surface area contributed by atoms with Gasteiger partial charge in [-0.25, -0.2) is 19.1 Å². The number of thiazole rings is 1. The SMILES string of the molecule is CC(=O)On1c(=O)n(-c2nc(Br)cs2)c2ccccc21. The Labute approximate surface area is 125 Å². The third-order valence-electron chi connectivity index (χ3n) is 2.58. The smallest absolute Gasteiger partial charge is 0.332 e. The number of para-hydroxylation sites is 2. The van der Waals surface area contributed by atoms with Crippen LogP contribution in [0.1, 0.15) is 6.92 Å². The molecule has 0 fully saturated rings. The number of hydrogen-bond acceptors (Lipinski definition) is 5. The number of carbonyl (C=O) groups is 1. The van der Waals surface area contributed by atoms with Crippen LogP contribution in [-0.2, 0) is 4.79 Å². The molecule has 8 heteroatoms. The van der Waals surface area contributed by atoms with E-state index in [0.717, 1.165) is 4.73 Å². The maximum absolute atomic E-state index is 12.4. The van der Waals surface area contributed by atoms with Crippen LogP contribution in [0.5, 0.6) is 0 Å². The summed E-state index contributed by atoms with van der Waals surface area (Å²) in [5.41, 5.74) is 0.669. The van der Waals surface area contributed by atoms with E-state index in [1.165, 1.54) is 22.8 Å². The summed E-state index contributed by atoms with van der Waals surface area (Å²) in [6.45, 7) is 1.25. The van der Waals surface area contributed by atoms with Crippen LogP contribution in [-0.4, -0.2) is 20.3 Å². The summed E-state index contributed by atoms with van der Waals surface area (Å²) in [5.74, 6) is -0.560. The first kappa shape index (κ1) is 13.1. The van der Waals surface area contributed by atoms with Gasteiger partial charge in [-0.05, 0) is 28.1 Å². The van der Waals surface area contributed by atoms with Crippen molar-refractivity contribution in [1.82, 2.24) is 14.3 Å². The molecule has 6 nitrogen and oxygen atoms in total. The molecule has 0 radical (unpaired) electrons. The van der Waals surface area contributed by atoms with E-state index in [4.69, 9.17) is 4.84 Å². The molecule has 0 unspecified atom stereocenters. The van der Waals surface area contributed by atoms with Gasteiger partial charge in [0.15, 0.2) is 5.13 Å². The molecule has 1 aromatic carbocycles. The summed E-state index contributed by atoms with van der Waals surface area (Å²) in [5, 5.41) is 2.28. The van der Waals surface area contributed by atoms with Crippen LogP contribution in [0, 0.1) is 0 Å². The lowest BCUT2D eigenvalue weighted by molar-refractivity contribution is -0.141. The van der Waals surface area contributed by atoms with Gasteiger partial charge in [0.2, 0.25) is 0 Å². The van der Waals surface area contributed by atoms with Crippen molar-refractivity contribution < 1.29 is 9.63 Å². The van der Waals surface area contributed by atoms with Crippen molar-refractivity contribution in [2.45, 2.75) is 6.92 Å². The van der Waals surface area contributed by atoms with Gasteiger partial charge in [-0.15, -0.1) is 16.1 Å². The molecular formula is C12H8BrN3O3S. The summed E-state index contributed by atoms with van der Waals surface area (Å²) < 4.78 is 3.04. The Bertz CT molecular complexity index is 864. The Kier molecular flexibility index (Phi) is 3.19. The van der Waals surface area contributed by atoms with Crippen LogP contribution in [0.3, 0.4) is 0 Å². The van der Waals surface area contributed by atoms with Gasteiger partial charge in [0.1, 0.15) is 10.1 Å². The second-order valence-electron chi connectivity index (χ2n) is 3.94. The molecule has 0 aliphatic heterocycles. The summed E-state index contributed by atoms with van der Waals surface area (Å²) >= 11 is 4.57. The molecule has 0 amide bonds. The fourth-order valence-corrected chi connectivity index (χ4v) is 3.13. The number of benzene rings is 1. The fourth-order valence-electron chi connectivity index (χ4n) is 1.87. The van der Waals surface area contributed by atoms with Crippen LogP contribution in [0.15, 0.2) is 39.0 Å². The normalized spacial score (nSPS) is 10.9. The van der Waals surface area contributed by atoms with Gasteiger partial charge in [-0.3, -0.25) is 0 Å². The predicted molar refractivity (Wildman–Crippen MR) is 78.2 cm³/mol. The molecule has 0 atom stereocenters. The Balaban J connectivity index is 2.35. The van der Waals surface area contributed by atoms with Gasteiger partial charge in [0, 0.05) is 12.3 Å². The highest BCUT2D eigenvalue weighted by Gasteiger charge is 2.18. The minimum atomic E-state index is -0.560. The van der Waals surface area contributed by atoms with Crippen LogP contribution in [0.25, 0.3) is 16.2 Å². The molecule has 102 valence electrons. The summed E-state index contributed by atoms with van der Waals surface area (Å²) in [6, 6.07) is 7.05. The van der Waals surface area contributed by atoms with Crippen molar-refractivity contribution in [3.8, 4) is 5.13 Å². The molecule has 20 heavy (non-hydrogen) atoms. The number of imidazole rings is 1. The second kappa shape index (κ2) is 4.88. The third kappa shape index (κ3) is 2.06. The van der Waals surface area contributed by atoms with Crippen LogP contribution >= 0.6 is 27.3 Å². The molecule has 0 N–H and O–H groups in total. The lowest BCUT2D eigenvalue weighted by atomic mass is 10.3. The van der Waals surface area contributed by atoms with Gasteiger partial charge < -0.3 is 4.84 Å². The zero-order valence-corrected chi connectivity index (χ0v) is 12.6. The van der Waals surface area contributed by atoms with E-state index in [1.54, 1.807) is 29.6 Å². The second-order valence-corrected chi connectivity index (χ2v) is 5.59. The van der Waals surface area contributed by atoms with Gasteiger partial charge in [0.05, 0.1) is 5.52 Å². The monoisotopic (exact) mass is 353 g/mol. The average Bonchev–Trinajstić information content (AvgIpc) is 2.93. The zero-order chi connectivity index (χ0) is 14.3. The van der Waals surface area contributed by atoms with Gasteiger partial charge >= 0.3 is 11.7 Å². The average molecular weight is 354 g/mol. The Morgan fingerprint density at radius 3 is 2.65 bits per heavy atom. The molecule has 0 bridgehead atoms. The number of rotatable bonds is 2. The highest BCUT2D eigenvalue weighted by molar-refractivity contribution is 9.10. The lowest BCUT2D eigenvalue weighted by Gasteiger charge is -1.99. The Morgan fingerprint density at radius 2 is 2.05 bits per heavy atom. The largest absolute Gasteiger partial charge is 0.369 e. The quantitative estimate of drug-likeness (QED) is 0.706. The fraction of sp³-hybridized carbons (Fsp3) is 0.0833. The third-order valence-corrected chi connectivity index (χ3v) is 4.12. The maximum Gasteiger partial charge on any atom is 0.369 e. The molecule has 0 spiro atoms. The molecule has 0 saturated heterocycles. The number of aromatic nitrogens is 3. The molecule has 0 saturated carbocycles. The number of carbonyl (C=O) groups excluding carboxylic acids is 1. The van der Waals surface area contributed by atoms with Crippen molar-refractivity contribution >= 4 is 44.3 Å². The first-order valence-corrected chi connectivity index (χ1v) is 7.28. The minimum Gasteiger partial charge on any atom is -0.332 e. The van der Waals surface area contributed by atoms with Gasteiger partial charge in [-0.2, -0.15) is 0 Å². The predicted octanol–water partition coefficient (Wildman–Crippen LogP) is 1.99. The van der Waals surface area contributed by atoms with Crippen LogP contribution in [0.2, 0.25) is 0 Å². The van der Waals surface area contributed by atoms with E-state index in [9.17, 15) is 9.59 Å². The zero-order valence-electron chi connectivity index (χ0n) is 10.2. The van der Waals surface area contributed by atoms with Crippen molar-refractivity contribution in [2.24, 2.45) is 0 Å². The molecule has 3 aromatic rings. The molecule has 2 aromatic heterocycles. The molecule has 0 aliphatic carbocycles. The molecule has 0 aliphatic rings. The number of hydrogen-bond donors (Lipinski definition) is 0. The number of fused-ring (bicyclic) bond motifs is 1. The summed E-state index contributed by atoms with van der Waals surface area (Å²) in [6.07, 6.45) is 0. The van der Waals surface area contributed by atoms with E-state index < -0.39 is 11.7 Å². The lowest BCUT2D eigenvalue weighted by Crippen LogP contribution is -2.30. The van der Waals surface area contributed by atoms with E-state index in [-0.39, 0.29) is 0 Å². The van der Waals surface area contributed by atoms with Gasteiger partial charge in [-0.1, -0.05) is 12.1 Å². The Morgan fingerprint density at radius 1 is 1.35 bits per heavy atom. The first-order valence-electron chi connectivity index (χ1n) is 5.61. The van der Waals surface area contributed by atoms with Crippen LogP contribution < -0.4 is 10.5 Å². The summed E-state index contributed by atoms with van der Waals surface area (Å²) in [4.78, 5) is 32.8. The van der Waals surface area contributed by atoms with Crippen molar-refractivity contribution in [3.05, 3.63) is 44.7 Å². The van der Waals surface area contributed by atoms with E-state index in [2.05, 4.69) is 20.9 Å². The highest BCUT2D eigenvalue weighted by atomic mass is 79.9. The number of halogens is 1. The standard InChI is InChI=1S/C12H8BrN3O3S/c1-7(17)19-16-9-5-3-2-4-8(9)15(12(16)18)11-14-10(13)6-20-11/h2-6H,1H3. The topological polar surface area (TPSA) is 66.1 Å². The number of nitrogens with zero attached hydrogens (tertiary/aromatic N) is 3. The van der Waals surface area contributed by atoms with Gasteiger partial charge in [0.25, 0.3) is 0 Å². The van der Waals surface area contributed by atoms with E-state index in [0.29, 0.717) is 20.8 Å². The van der Waals surface area contributed by atoms with E-state index >= 15 is 0 Å². The van der Waals surface area contributed by atoms with Crippen LogP contribution in [0.4, 0.5) is 0 Å². The maximum atomic E-state index is 12.4. The Hall–Kier alpha value is -1.93. The van der Waals surface area contributed by atoms with Crippen molar-refractivity contribution in [3.63, 3.8) is 0 Å². The van der Waals surface area contributed by atoms with Crippen molar-refractivity contribution in [1.29, 1.82) is 0 Å². The molecule has 3 rings (SSSR count). The molecule has 2 heterocycles. The first-order chi connectivity index (χ1) is 9.58. The summed E-state index contributed by atoms with van der Waals surface area (Å²) in [7, 11) is 0. The molecular weight excluding hydrogens is 346 g/mol. The highest BCUT2D eigenvalue weighted by Crippen LogP contribution is 2.22.